The summed E-state index contributed by atoms with van der Waals surface area (Å²) in [6, 6.07) is 6.34. The third kappa shape index (κ3) is 2.32. The maximum atomic E-state index is 13.2. The Morgan fingerprint density at radius 2 is 1.89 bits per heavy atom. The highest BCUT2D eigenvalue weighted by Gasteiger charge is 2.25. The zero-order valence-electron chi connectivity index (χ0n) is 13.9. The number of benzene rings is 1. The van der Waals surface area contributed by atoms with Crippen LogP contribution in [0.25, 0.3) is 33.2 Å². The number of rotatable bonds is 3. The van der Waals surface area contributed by atoms with Crippen LogP contribution in [0, 0.1) is 0 Å². The van der Waals surface area contributed by atoms with Crippen molar-refractivity contribution in [3.05, 3.63) is 49.1 Å². The van der Waals surface area contributed by atoms with Crippen LogP contribution < -0.4 is 0 Å². The maximum absolute atomic E-state index is 13.2. The van der Waals surface area contributed by atoms with Crippen molar-refractivity contribution in [1.82, 2.24) is 34.3 Å². The molecule has 0 aliphatic carbocycles. The predicted octanol–water partition coefficient (Wildman–Crippen LogP) is 1.60. The van der Waals surface area contributed by atoms with E-state index in [0.29, 0.717) is 16.6 Å². The Balaban J connectivity index is 1.73. The summed E-state index contributed by atoms with van der Waals surface area (Å²) in [5, 5.41) is 15.6. The standard InChI is InChI=1S/C16H11N7O3S/c1-22-9-11(7-18-22)10-5-14-13(17-6-10)8-19-23(14)27(24,25)15-4-2-3-12-16(15)21-26-20-12/h2-9H,1H3. The molecule has 5 aromatic rings. The van der Waals surface area contributed by atoms with Crippen molar-refractivity contribution in [3.63, 3.8) is 0 Å². The molecule has 0 saturated carbocycles. The highest BCUT2D eigenvalue weighted by molar-refractivity contribution is 7.90. The van der Waals surface area contributed by atoms with Gasteiger partial charge in [0.05, 0.1) is 12.4 Å². The molecular weight excluding hydrogens is 370 g/mol. The van der Waals surface area contributed by atoms with Crippen LogP contribution in [0.2, 0.25) is 0 Å². The topological polar surface area (TPSA) is 122 Å². The number of nitrogens with zero attached hydrogens (tertiary/aromatic N) is 7. The highest BCUT2D eigenvalue weighted by atomic mass is 32.2. The van der Waals surface area contributed by atoms with Crippen molar-refractivity contribution < 1.29 is 13.0 Å². The Morgan fingerprint density at radius 1 is 1.00 bits per heavy atom. The minimum absolute atomic E-state index is 0.0435. The number of aryl methyl sites for hydroxylation is 1. The first-order chi connectivity index (χ1) is 13.0. The Hall–Kier alpha value is -3.60. The molecule has 0 radical (unpaired) electrons. The molecule has 0 atom stereocenters. The van der Waals surface area contributed by atoms with Gasteiger partial charge in [-0.2, -0.15) is 22.7 Å². The van der Waals surface area contributed by atoms with E-state index in [9.17, 15) is 8.42 Å². The number of pyridine rings is 1. The molecule has 4 aromatic heterocycles. The van der Waals surface area contributed by atoms with Crippen molar-refractivity contribution in [2.24, 2.45) is 7.05 Å². The zero-order valence-corrected chi connectivity index (χ0v) is 14.7. The Morgan fingerprint density at radius 3 is 2.70 bits per heavy atom. The SMILES string of the molecule is Cn1cc(-c2cnc3cnn(S(=O)(=O)c4cccc5nonc45)c3c2)cn1. The predicted molar refractivity (Wildman–Crippen MR) is 94.1 cm³/mol. The molecule has 0 saturated heterocycles. The van der Waals surface area contributed by atoms with Crippen LogP contribution >= 0.6 is 0 Å². The van der Waals surface area contributed by atoms with Crippen LogP contribution in [0.15, 0.2) is 58.6 Å². The Kier molecular flexibility index (Phi) is 3.15. The fourth-order valence-corrected chi connectivity index (χ4v) is 4.29. The van der Waals surface area contributed by atoms with Gasteiger partial charge in [0.25, 0.3) is 10.0 Å². The summed E-state index contributed by atoms with van der Waals surface area (Å²) >= 11 is 0. The second kappa shape index (κ2) is 5.45. The molecule has 134 valence electrons. The van der Waals surface area contributed by atoms with E-state index in [4.69, 9.17) is 0 Å². The fourth-order valence-electron chi connectivity index (χ4n) is 2.89. The van der Waals surface area contributed by atoms with Gasteiger partial charge >= 0.3 is 0 Å². The van der Waals surface area contributed by atoms with Crippen molar-refractivity contribution in [2.75, 3.05) is 0 Å². The Bertz CT molecular complexity index is 1410. The lowest BCUT2D eigenvalue weighted by molar-refractivity contribution is 0.315. The third-order valence-corrected chi connectivity index (χ3v) is 5.81. The molecule has 11 heteroatoms. The van der Waals surface area contributed by atoms with Crippen molar-refractivity contribution in [2.45, 2.75) is 4.90 Å². The smallest absolute Gasteiger partial charge is 0.275 e. The average molecular weight is 381 g/mol. The monoisotopic (exact) mass is 381 g/mol. The fraction of sp³-hybridized carbons (Fsp3) is 0.0625. The lowest BCUT2D eigenvalue weighted by Gasteiger charge is -2.06. The van der Waals surface area contributed by atoms with Gasteiger partial charge in [-0.3, -0.25) is 9.67 Å². The molecule has 0 spiro atoms. The van der Waals surface area contributed by atoms with E-state index in [2.05, 4.69) is 30.1 Å². The molecular formula is C16H11N7O3S. The maximum Gasteiger partial charge on any atom is 0.285 e. The van der Waals surface area contributed by atoms with Crippen LogP contribution in [-0.4, -0.2) is 42.7 Å². The van der Waals surface area contributed by atoms with Crippen LogP contribution in [0.5, 0.6) is 0 Å². The largest absolute Gasteiger partial charge is 0.285 e. The summed E-state index contributed by atoms with van der Waals surface area (Å²) in [5.74, 6) is 0. The van der Waals surface area contributed by atoms with Crippen molar-refractivity contribution in [1.29, 1.82) is 0 Å². The van der Waals surface area contributed by atoms with Gasteiger partial charge in [0.1, 0.15) is 21.4 Å². The summed E-state index contributed by atoms with van der Waals surface area (Å²) in [5.41, 5.74) is 2.86. The molecule has 5 rings (SSSR count). The molecule has 0 bridgehead atoms. The Labute approximate surface area is 152 Å². The van der Waals surface area contributed by atoms with Crippen LogP contribution in [-0.2, 0) is 17.1 Å². The van der Waals surface area contributed by atoms with Gasteiger partial charge in [-0.1, -0.05) is 6.07 Å². The van der Waals surface area contributed by atoms with Crippen molar-refractivity contribution >= 4 is 32.1 Å². The third-order valence-electron chi connectivity index (χ3n) is 4.18. The lowest BCUT2D eigenvalue weighted by atomic mass is 10.1. The van der Waals surface area contributed by atoms with E-state index >= 15 is 0 Å². The van der Waals surface area contributed by atoms with Gasteiger partial charge < -0.3 is 0 Å². The van der Waals surface area contributed by atoms with E-state index < -0.39 is 10.0 Å². The summed E-state index contributed by atoms with van der Waals surface area (Å²) in [6.45, 7) is 0. The molecule has 0 fully saturated rings. The average Bonchev–Trinajstić information content (AvgIpc) is 3.39. The summed E-state index contributed by atoms with van der Waals surface area (Å²) in [7, 11) is -2.23. The van der Waals surface area contributed by atoms with Gasteiger partial charge in [-0.25, -0.2) is 4.63 Å². The van der Waals surface area contributed by atoms with Gasteiger partial charge in [0.15, 0.2) is 5.52 Å². The summed E-state index contributed by atoms with van der Waals surface area (Å²) in [4.78, 5) is 4.27. The van der Waals surface area contributed by atoms with Gasteiger partial charge in [-0.15, -0.1) is 0 Å². The minimum Gasteiger partial charge on any atom is -0.275 e. The molecule has 0 amide bonds. The van der Waals surface area contributed by atoms with Crippen LogP contribution in [0.3, 0.4) is 0 Å². The second-order valence-corrected chi connectivity index (χ2v) is 7.65. The number of fused-ring (bicyclic) bond motifs is 2. The number of aromatic nitrogens is 7. The van der Waals surface area contributed by atoms with Gasteiger partial charge in [0.2, 0.25) is 0 Å². The molecule has 27 heavy (non-hydrogen) atoms. The van der Waals surface area contributed by atoms with E-state index in [1.165, 1.54) is 12.3 Å². The second-order valence-electron chi connectivity index (χ2n) is 5.91. The molecule has 1 aromatic carbocycles. The van der Waals surface area contributed by atoms with Crippen LogP contribution in [0.1, 0.15) is 0 Å². The quantitative estimate of drug-likeness (QED) is 0.462. The van der Waals surface area contributed by atoms with Gasteiger partial charge in [-0.05, 0) is 28.5 Å². The highest BCUT2D eigenvalue weighted by Crippen LogP contribution is 2.27. The number of hydrogen-bond donors (Lipinski definition) is 0. The summed E-state index contributed by atoms with van der Waals surface area (Å²) in [6.07, 6.45) is 6.56. The minimum atomic E-state index is -4.03. The number of hydrogen-bond acceptors (Lipinski definition) is 8. The lowest BCUT2D eigenvalue weighted by Crippen LogP contribution is -2.15. The van der Waals surface area contributed by atoms with Crippen molar-refractivity contribution in [3.8, 4) is 11.1 Å². The first kappa shape index (κ1) is 15.6. The van der Waals surface area contributed by atoms with E-state index in [0.717, 1.165) is 15.2 Å². The molecule has 0 aliphatic rings. The van der Waals surface area contributed by atoms with E-state index in [1.54, 1.807) is 42.3 Å². The van der Waals surface area contributed by atoms with Gasteiger partial charge in [0, 0.05) is 30.6 Å². The zero-order chi connectivity index (χ0) is 18.6. The molecule has 4 heterocycles. The van der Waals surface area contributed by atoms with E-state index in [1.807, 2.05) is 6.20 Å². The molecule has 10 nitrogen and oxygen atoms in total. The normalized spacial score (nSPS) is 12.2. The molecule has 0 unspecified atom stereocenters. The first-order valence-electron chi connectivity index (χ1n) is 7.84. The first-order valence-corrected chi connectivity index (χ1v) is 9.28. The molecule has 0 N–H and O–H groups in total. The summed E-state index contributed by atoms with van der Waals surface area (Å²) < 4.78 is 33.7. The van der Waals surface area contributed by atoms with E-state index in [-0.39, 0.29) is 10.4 Å². The molecule has 0 aliphatic heterocycles. The van der Waals surface area contributed by atoms with Crippen LogP contribution in [0.4, 0.5) is 0 Å².